The Balaban J connectivity index is 1.98. The molecule has 1 heterocycles. The predicted molar refractivity (Wildman–Crippen MR) is 85.4 cm³/mol. The second-order valence-electron chi connectivity index (χ2n) is 5.11. The van der Waals surface area contributed by atoms with Crippen LogP contribution in [-0.4, -0.2) is 12.5 Å². The number of hydrogen-bond donors (Lipinski definition) is 0. The number of nitrogens with zero attached hydrogens (tertiary/aromatic N) is 1. The highest BCUT2D eigenvalue weighted by molar-refractivity contribution is 9.10. The maximum absolute atomic E-state index is 13.1. The van der Waals surface area contributed by atoms with Gasteiger partial charge in [0.15, 0.2) is 0 Å². The van der Waals surface area contributed by atoms with E-state index in [1.807, 2.05) is 31.2 Å². The first-order chi connectivity index (χ1) is 9.98. The number of hydrogen-bond acceptors (Lipinski definition) is 2. The largest absolute Gasteiger partial charge is 0.474 e. The zero-order valence-electron chi connectivity index (χ0n) is 11.2. The molecule has 21 heavy (non-hydrogen) atoms. The molecule has 0 amide bonds. The third-order valence-corrected chi connectivity index (χ3v) is 4.31. The molecule has 5 heteroatoms. The molecule has 0 saturated carbocycles. The molecule has 1 aliphatic heterocycles. The number of halogens is 3. The molecule has 0 aliphatic carbocycles. The van der Waals surface area contributed by atoms with Gasteiger partial charge in [0, 0.05) is 4.47 Å². The van der Waals surface area contributed by atoms with E-state index >= 15 is 0 Å². The van der Waals surface area contributed by atoms with Crippen LogP contribution in [0.1, 0.15) is 18.1 Å². The molecule has 0 aromatic heterocycles. The Morgan fingerprint density at radius 2 is 1.95 bits per heavy atom. The third kappa shape index (κ3) is 2.83. The van der Waals surface area contributed by atoms with E-state index in [1.165, 1.54) is 12.1 Å². The fourth-order valence-electron chi connectivity index (χ4n) is 2.26. The Hall–Kier alpha value is -1.39. The zero-order valence-corrected chi connectivity index (χ0v) is 13.6. The molecule has 0 saturated heterocycles. The van der Waals surface area contributed by atoms with Crippen LogP contribution in [0.15, 0.2) is 51.9 Å². The lowest BCUT2D eigenvalue weighted by Crippen LogP contribution is -2.20. The van der Waals surface area contributed by atoms with Gasteiger partial charge in [0.25, 0.3) is 0 Å². The van der Waals surface area contributed by atoms with Crippen molar-refractivity contribution in [3.8, 4) is 0 Å². The van der Waals surface area contributed by atoms with Crippen molar-refractivity contribution in [3.05, 3.63) is 68.9 Å². The summed E-state index contributed by atoms with van der Waals surface area (Å²) >= 11 is 9.48. The quantitative estimate of drug-likeness (QED) is 0.736. The van der Waals surface area contributed by atoms with Gasteiger partial charge < -0.3 is 4.74 Å². The summed E-state index contributed by atoms with van der Waals surface area (Å²) in [5.74, 6) is 0.0726. The Bertz CT molecular complexity index is 717. The summed E-state index contributed by atoms with van der Waals surface area (Å²) in [6, 6.07) is 12.2. The van der Waals surface area contributed by atoms with Crippen molar-refractivity contribution in [2.45, 2.75) is 12.5 Å². The second-order valence-corrected chi connectivity index (χ2v) is 6.43. The Labute approximate surface area is 135 Å². The minimum Gasteiger partial charge on any atom is -0.474 e. The average Bonchev–Trinajstić information content (AvgIpc) is 2.83. The van der Waals surface area contributed by atoms with Crippen LogP contribution in [0.4, 0.5) is 4.39 Å². The molecule has 2 aromatic rings. The predicted octanol–water partition coefficient (Wildman–Crippen LogP) is 4.93. The molecule has 2 nitrogen and oxygen atoms in total. The lowest BCUT2D eigenvalue weighted by molar-refractivity contribution is 0.269. The summed E-state index contributed by atoms with van der Waals surface area (Å²) < 4.78 is 19.8. The number of aliphatic imine (C=N–C) groups is 1. The van der Waals surface area contributed by atoms with Crippen molar-refractivity contribution in [1.82, 2.24) is 0 Å². The van der Waals surface area contributed by atoms with Crippen LogP contribution in [0.5, 0.6) is 0 Å². The average molecular weight is 369 g/mol. The molecule has 1 atom stereocenters. The van der Waals surface area contributed by atoms with Crippen LogP contribution in [0.25, 0.3) is 0 Å². The van der Waals surface area contributed by atoms with E-state index in [2.05, 4.69) is 20.9 Å². The van der Waals surface area contributed by atoms with Crippen molar-refractivity contribution in [2.24, 2.45) is 4.99 Å². The molecule has 1 aliphatic rings. The van der Waals surface area contributed by atoms with Gasteiger partial charge in [-0.1, -0.05) is 39.7 Å². The van der Waals surface area contributed by atoms with Crippen molar-refractivity contribution in [3.63, 3.8) is 0 Å². The minimum absolute atomic E-state index is 0.300. The van der Waals surface area contributed by atoms with Crippen molar-refractivity contribution in [2.75, 3.05) is 6.61 Å². The van der Waals surface area contributed by atoms with Crippen molar-refractivity contribution < 1.29 is 9.13 Å². The van der Waals surface area contributed by atoms with Crippen molar-refractivity contribution >= 4 is 33.4 Å². The molecular formula is C16H12BrClFNO. The van der Waals surface area contributed by atoms with E-state index in [0.717, 1.165) is 10.0 Å². The van der Waals surface area contributed by atoms with Gasteiger partial charge in [-0.15, -0.1) is 0 Å². The number of ether oxygens (including phenoxy) is 1. The second kappa shape index (κ2) is 5.43. The van der Waals surface area contributed by atoms with Gasteiger partial charge in [-0.05, 0) is 42.8 Å². The molecular weight excluding hydrogens is 357 g/mol. The first-order valence-corrected chi connectivity index (χ1v) is 7.59. The normalized spacial score (nSPS) is 21.0. The smallest absolute Gasteiger partial charge is 0.218 e. The molecule has 0 N–H and O–H groups in total. The molecule has 3 rings (SSSR count). The van der Waals surface area contributed by atoms with Crippen LogP contribution in [0.2, 0.25) is 5.02 Å². The first kappa shape index (κ1) is 14.5. The summed E-state index contributed by atoms with van der Waals surface area (Å²) in [5.41, 5.74) is 1.20. The van der Waals surface area contributed by atoms with Crippen LogP contribution < -0.4 is 0 Å². The van der Waals surface area contributed by atoms with Gasteiger partial charge in [-0.25, -0.2) is 9.38 Å². The summed E-state index contributed by atoms with van der Waals surface area (Å²) in [5, 5.41) is 0.300. The summed E-state index contributed by atoms with van der Waals surface area (Å²) in [4.78, 5) is 4.65. The van der Waals surface area contributed by atoms with E-state index in [1.54, 1.807) is 6.07 Å². The highest BCUT2D eigenvalue weighted by atomic mass is 79.9. The molecule has 0 spiro atoms. The van der Waals surface area contributed by atoms with E-state index in [4.69, 9.17) is 16.3 Å². The van der Waals surface area contributed by atoms with Gasteiger partial charge in [0.05, 0.1) is 10.6 Å². The summed E-state index contributed by atoms with van der Waals surface area (Å²) in [6.45, 7) is 2.43. The summed E-state index contributed by atoms with van der Waals surface area (Å²) in [7, 11) is 0. The Morgan fingerprint density at radius 1 is 1.24 bits per heavy atom. The highest BCUT2D eigenvalue weighted by Crippen LogP contribution is 2.33. The highest BCUT2D eigenvalue weighted by Gasteiger charge is 2.34. The molecule has 0 bridgehead atoms. The standard InChI is InChI=1S/C16H12BrClFNO/c1-16(10-2-4-11(17)5-3-10)9-21-15(20-16)13-7-6-12(19)8-14(13)18/h2-8H,9H2,1H3. The van der Waals surface area contributed by atoms with Gasteiger partial charge in [-0.2, -0.15) is 0 Å². The molecule has 0 radical (unpaired) electrons. The monoisotopic (exact) mass is 367 g/mol. The zero-order chi connectivity index (χ0) is 15.0. The van der Waals surface area contributed by atoms with E-state index < -0.39 is 5.54 Å². The number of benzene rings is 2. The SMILES string of the molecule is CC1(c2ccc(Br)cc2)COC(c2ccc(F)cc2Cl)=N1. The Kier molecular flexibility index (Phi) is 3.76. The van der Waals surface area contributed by atoms with Crippen molar-refractivity contribution in [1.29, 1.82) is 0 Å². The lowest BCUT2D eigenvalue weighted by Gasteiger charge is -2.18. The van der Waals surface area contributed by atoms with E-state index in [0.29, 0.717) is 23.1 Å². The summed E-state index contributed by atoms with van der Waals surface area (Å²) in [6.07, 6.45) is 0. The van der Waals surface area contributed by atoms with Crippen LogP contribution in [-0.2, 0) is 10.3 Å². The lowest BCUT2D eigenvalue weighted by atomic mass is 9.94. The van der Waals surface area contributed by atoms with Gasteiger partial charge in [0.2, 0.25) is 5.90 Å². The third-order valence-electron chi connectivity index (χ3n) is 3.47. The molecule has 0 fully saturated rings. The molecule has 1 unspecified atom stereocenters. The fraction of sp³-hybridized carbons (Fsp3) is 0.188. The van der Waals surface area contributed by atoms with Gasteiger partial charge in [-0.3, -0.25) is 0 Å². The molecule has 2 aromatic carbocycles. The first-order valence-electron chi connectivity index (χ1n) is 6.42. The van der Waals surface area contributed by atoms with Crippen LogP contribution >= 0.6 is 27.5 Å². The maximum atomic E-state index is 13.1. The number of rotatable bonds is 2. The minimum atomic E-state index is -0.465. The van der Waals surface area contributed by atoms with E-state index in [-0.39, 0.29) is 5.82 Å². The van der Waals surface area contributed by atoms with Crippen LogP contribution in [0.3, 0.4) is 0 Å². The van der Waals surface area contributed by atoms with Gasteiger partial charge in [0.1, 0.15) is 18.0 Å². The van der Waals surface area contributed by atoms with Crippen LogP contribution in [0, 0.1) is 5.82 Å². The fourth-order valence-corrected chi connectivity index (χ4v) is 2.77. The maximum Gasteiger partial charge on any atom is 0.218 e. The Morgan fingerprint density at radius 3 is 2.62 bits per heavy atom. The topological polar surface area (TPSA) is 21.6 Å². The van der Waals surface area contributed by atoms with Gasteiger partial charge >= 0.3 is 0 Å². The molecule has 108 valence electrons. The van der Waals surface area contributed by atoms with E-state index in [9.17, 15) is 4.39 Å².